The highest BCUT2D eigenvalue weighted by Crippen LogP contribution is 2.24. The first-order chi connectivity index (χ1) is 13.1. The average molecular weight is 402 g/mol. The highest BCUT2D eigenvalue weighted by molar-refractivity contribution is 7.99. The minimum Gasteiger partial charge on any atom is -0.491 e. The lowest BCUT2D eigenvalue weighted by Gasteiger charge is -2.13. The maximum absolute atomic E-state index is 6.12. The molecule has 0 saturated carbocycles. The van der Waals surface area contributed by atoms with Crippen LogP contribution in [0.25, 0.3) is 0 Å². The van der Waals surface area contributed by atoms with Crippen LogP contribution in [0.2, 0.25) is 5.02 Å². The molecule has 0 amide bonds. The van der Waals surface area contributed by atoms with Gasteiger partial charge in [0.15, 0.2) is 5.16 Å². The summed E-state index contributed by atoms with van der Waals surface area (Å²) in [6.45, 7) is 5.89. The second-order valence-corrected chi connectivity index (χ2v) is 8.16. The third-order valence-electron chi connectivity index (χ3n) is 3.95. The lowest BCUT2D eigenvalue weighted by molar-refractivity contribution is 0.344. The highest BCUT2D eigenvalue weighted by atomic mass is 35.5. The Labute approximate surface area is 169 Å². The summed E-state index contributed by atoms with van der Waals surface area (Å²) >= 11 is 7.79. The van der Waals surface area contributed by atoms with Crippen molar-refractivity contribution in [2.75, 3.05) is 12.4 Å². The first-order valence-corrected chi connectivity index (χ1v) is 10.5. The normalized spacial score (nSPS) is 11.1. The third kappa shape index (κ3) is 5.75. The van der Waals surface area contributed by atoms with Gasteiger partial charge in [0.1, 0.15) is 11.6 Å². The Morgan fingerprint density at radius 2 is 1.78 bits per heavy atom. The van der Waals surface area contributed by atoms with Gasteiger partial charge in [0.2, 0.25) is 0 Å². The van der Waals surface area contributed by atoms with Crippen molar-refractivity contribution in [3.05, 3.63) is 71.0 Å². The van der Waals surface area contributed by atoms with Gasteiger partial charge in [-0.25, -0.2) is 0 Å². The number of thioether (sulfide) groups is 1. The molecule has 0 aliphatic heterocycles. The van der Waals surface area contributed by atoms with Crippen LogP contribution in [-0.2, 0) is 13.0 Å². The maximum atomic E-state index is 6.12. The van der Waals surface area contributed by atoms with Crippen LogP contribution in [0.3, 0.4) is 0 Å². The molecule has 0 atom stereocenters. The molecule has 3 rings (SSSR count). The number of rotatable bonds is 9. The molecule has 0 unspecified atom stereocenters. The van der Waals surface area contributed by atoms with Crippen LogP contribution in [0.15, 0.2) is 59.8 Å². The fourth-order valence-electron chi connectivity index (χ4n) is 2.73. The van der Waals surface area contributed by atoms with Crippen LogP contribution in [0, 0.1) is 5.92 Å². The third-order valence-corrected chi connectivity index (χ3v) is 5.20. The fourth-order valence-corrected chi connectivity index (χ4v) is 3.70. The predicted octanol–water partition coefficient (Wildman–Crippen LogP) is 5.35. The summed E-state index contributed by atoms with van der Waals surface area (Å²) in [6, 6.07) is 17.9. The second kappa shape index (κ2) is 9.81. The van der Waals surface area contributed by atoms with E-state index in [0.717, 1.165) is 29.7 Å². The smallest absolute Gasteiger partial charge is 0.191 e. The lowest BCUT2D eigenvalue weighted by atomic mass is 10.1. The number of hydrogen-bond donors (Lipinski definition) is 0. The molecular weight excluding hydrogens is 378 g/mol. The zero-order chi connectivity index (χ0) is 19.1. The molecule has 4 nitrogen and oxygen atoms in total. The van der Waals surface area contributed by atoms with Crippen molar-refractivity contribution in [2.24, 2.45) is 5.92 Å². The number of para-hydroxylation sites is 1. The van der Waals surface area contributed by atoms with Crippen molar-refractivity contribution in [1.29, 1.82) is 0 Å². The zero-order valence-electron chi connectivity index (χ0n) is 15.6. The van der Waals surface area contributed by atoms with E-state index >= 15 is 0 Å². The summed E-state index contributed by atoms with van der Waals surface area (Å²) < 4.78 is 8.01. The van der Waals surface area contributed by atoms with Gasteiger partial charge >= 0.3 is 0 Å². The summed E-state index contributed by atoms with van der Waals surface area (Å²) in [5.41, 5.74) is 1.24. The number of halogens is 1. The predicted molar refractivity (Wildman–Crippen MR) is 112 cm³/mol. The van der Waals surface area contributed by atoms with Gasteiger partial charge in [-0.2, -0.15) is 0 Å². The Bertz CT molecular complexity index is 852. The lowest BCUT2D eigenvalue weighted by Crippen LogP contribution is -2.11. The molecule has 0 spiro atoms. The van der Waals surface area contributed by atoms with Gasteiger partial charge in [-0.1, -0.05) is 79.7 Å². The summed E-state index contributed by atoms with van der Waals surface area (Å²) in [5, 5.41) is 10.4. The first-order valence-electron chi connectivity index (χ1n) is 9.09. The maximum Gasteiger partial charge on any atom is 0.191 e. The molecule has 0 bridgehead atoms. The number of benzene rings is 2. The molecule has 0 radical (unpaired) electrons. The Balaban J connectivity index is 1.63. The monoisotopic (exact) mass is 401 g/mol. The molecule has 1 heterocycles. The molecule has 1 aromatic heterocycles. The number of ether oxygens (including phenoxy) is 1. The van der Waals surface area contributed by atoms with Crippen molar-refractivity contribution in [2.45, 2.75) is 32.0 Å². The van der Waals surface area contributed by atoms with E-state index in [9.17, 15) is 0 Å². The van der Waals surface area contributed by atoms with Gasteiger partial charge < -0.3 is 9.30 Å². The molecule has 2 aromatic carbocycles. The van der Waals surface area contributed by atoms with E-state index in [1.54, 1.807) is 11.8 Å². The van der Waals surface area contributed by atoms with Crippen molar-refractivity contribution in [1.82, 2.24) is 14.8 Å². The summed E-state index contributed by atoms with van der Waals surface area (Å²) in [6.07, 6.45) is 0.789. The van der Waals surface area contributed by atoms with Crippen LogP contribution in [0.1, 0.15) is 25.2 Å². The molecule has 0 aliphatic carbocycles. The van der Waals surface area contributed by atoms with Crippen molar-refractivity contribution < 1.29 is 4.74 Å². The van der Waals surface area contributed by atoms with Gasteiger partial charge in [0.25, 0.3) is 0 Å². The standard InChI is InChI=1S/C21H24ClN3OS/c1-16(2)15-25-20(14-17-8-4-3-5-9-17)23-24-21(25)27-13-12-26-19-11-7-6-10-18(19)22/h3-11,16H,12-15H2,1-2H3. The Hall–Kier alpha value is -1.98. The van der Waals surface area contributed by atoms with E-state index < -0.39 is 0 Å². The zero-order valence-corrected chi connectivity index (χ0v) is 17.2. The minimum absolute atomic E-state index is 0.522. The van der Waals surface area contributed by atoms with Crippen LogP contribution in [-0.4, -0.2) is 27.1 Å². The number of hydrogen-bond acceptors (Lipinski definition) is 4. The SMILES string of the molecule is CC(C)Cn1c(Cc2ccccc2)nnc1SCCOc1ccccc1Cl. The van der Waals surface area contributed by atoms with Gasteiger partial charge in [-0.05, 0) is 23.6 Å². The van der Waals surface area contributed by atoms with E-state index in [0.29, 0.717) is 23.3 Å². The van der Waals surface area contributed by atoms with E-state index in [4.69, 9.17) is 16.3 Å². The second-order valence-electron chi connectivity index (χ2n) is 6.69. The van der Waals surface area contributed by atoms with Crippen molar-refractivity contribution in [3.63, 3.8) is 0 Å². The van der Waals surface area contributed by atoms with Crippen LogP contribution in [0.4, 0.5) is 0 Å². The first kappa shape index (κ1) is 19.8. The van der Waals surface area contributed by atoms with Gasteiger partial charge in [0, 0.05) is 18.7 Å². The molecule has 3 aromatic rings. The number of aromatic nitrogens is 3. The molecule has 6 heteroatoms. The van der Waals surface area contributed by atoms with E-state index in [-0.39, 0.29) is 0 Å². The Morgan fingerprint density at radius 3 is 2.52 bits per heavy atom. The summed E-state index contributed by atoms with van der Waals surface area (Å²) in [7, 11) is 0. The quantitative estimate of drug-likeness (QED) is 0.358. The minimum atomic E-state index is 0.522. The average Bonchev–Trinajstić information content (AvgIpc) is 3.02. The van der Waals surface area contributed by atoms with Crippen molar-refractivity contribution in [3.8, 4) is 5.75 Å². The molecule has 0 N–H and O–H groups in total. The van der Waals surface area contributed by atoms with Crippen LogP contribution >= 0.6 is 23.4 Å². The number of nitrogens with zero attached hydrogens (tertiary/aromatic N) is 3. The topological polar surface area (TPSA) is 39.9 Å². The molecule has 142 valence electrons. The van der Waals surface area contributed by atoms with Gasteiger partial charge in [0.05, 0.1) is 11.6 Å². The van der Waals surface area contributed by atoms with E-state index in [2.05, 4.69) is 52.9 Å². The molecule has 0 aliphatic rings. The Morgan fingerprint density at radius 1 is 1.04 bits per heavy atom. The van der Waals surface area contributed by atoms with E-state index in [1.165, 1.54) is 5.56 Å². The molecule has 0 fully saturated rings. The van der Waals surface area contributed by atoms with E-state index in [1.807, 2.05) is 30.3 Å². The van der Waals surface area contributed by atoms with Gasteiger partial charge in [-0.3, -0.25) is 0 Å². The fraction of sp³-hybridized carbons (Fsp3) is 0.333. The Kier molecular flexibility index (Phi) is 7.18. The largest absolute Gasteiger partial charge is 0.491 e. The molecule has 27 heavy (non-hydrogen) atoms. The highest BCUT2D eigenvalue weighted by Gasteiger charge is 2.14. The van der Waals surface area contributed by atoms with Crippen LogP contribution in [0.5, 0.6) is 5.75 Å². The van der Waals surface area contributed by atoms with Crippen LogP contribution < -0.4 is 4.74 Å². The summed E-state index contributed by atoms with van der Waals surface area (Å²) in [5.74, 6) is 3.03. The molecular formula is C21H24ClN3OS. The van der Waals surface area contributed by atoms with Crippen molar-refractivity contribution >= 4 is 23.4 Å². The van der Waals surface area contributed by atoms with Gasteiger partial charge in [-0.15, -0.1) is 10.2 Å². The summed E-state index contributed by atoms with van der Waals surface area (Å²) in [4.78, 5) is 0. The molecule has 0 saturated heterocycles.